The number of likely N-dealkylation sites (tertiary alicyclic amines) is 1. The van der Waals surface area contributed by atoms with Crippen LogP contribution in [0.3, 0.4) is 0 Å². The molecule has 1 fully saturated rings. The third-order valence-corrected chi connectivity index (χ3v) is 5.23. The van der Waals surface area contributed by atoms with Gasteiger partial charge in [-0.25, -0.2) is 4.79 Å². The molecule has 1 aromatic carbocycles. The van der Waals surface area contributed by atoms with Crippen LogP contribution >= 0.6 is 0 Å². The predicted octanol–water partition coefficient (Wildman–Crippen LogP) is 4.29. The second-order valence-corrected chi connectivity index (χ2v) is 8.80. The molecule has 0 aromatic heterocycles. The van der Waals surface area contributed by atoms with Crippen molar-refractivity contribution in [3.05, 3.63) is 42.0 Å². The lowest BCUT2D eigenvalue weighted by Gasteiger charge is -2.30. The van der Waals surface area contributed by atoms with Gasteiger partial charge in [0.15, 0.2) is 0 Å². The molecule has 0 unspecified atom stereocenters. The number of hydrogen-bond donors (Lipinski definition) is 2. The molecule has 1 heterocycles. The van der Waals surface area contributed by atoms with Crippen LogP contribution in [-0.4, -0.2) is 36.0 Å². The molecule has 1 saturated heterocycles. The molecule has 0 saturated carbocycles. The summed E-state index contributed by atoms with van der Waals surface area (Å²) in [5, 5.41) is 5.97. The maximum absolute atomic E-state index is 12.8. The van der Waals surface area contributed by atoms with E-state index < -0.39 is 11.6 Å². The minimum Gasteiger partial charge on any atom is -0.341 e. The Labute approximate surface area is 169 Å². The van der Waals surface area contributed by atoms with Gasteiger partial charge in [-0.1, -0.05) is 44.2 Å². The van der Waals surface area contributed by atoms with Crippen molar-refractivity contribution in [3.63, 3.8) is 0 Å². The average molecular weight is 386 g/mol. The zero-order valence-electron chi connectivity index (χ0n) is 18.0. The SMILES string of the molecule is C=C(C)c1cccc(C(C)(C)NC(=O)N[C@@H](CC(C)C)C(=O)N2CCCC2)c1. The fraction of sp³-hybridized carbons (Fsp3) is 0.565. The summed E-state index contributed by atoms with van der Waals surface area (Å²) in [5.41, 5.74) is 2.45. The van der Waals surface area contributed by atoms with Crippen LogP contribution in [0.15, 0.2) is 30.8 Å². The molecule has 28 heavy (non-hydrogen) atoms. The number of amides is 3. The highest BCUT2D eigenvalue weighted by Gasteiger charge is 2.30. The summed E-state index contributed by atoms with van der Waals surface area (Å²) >= 11 is 0. The van der Waals surface area contributed by atoms with E-state index in [4.69, 9.17) is 0 Å². The van der Waals surface area contributed by atoms with Crippen LogP contribution in [0.2, 0.25) is 0 Å². The average Bonchev–Trinajstić information content (AvgIpc) is 3.14. The Morgan fingerprint density at radius 3 is 2.43 bits per heavy atom. The van der Waals surface area contributed by atoms with Crippen molar-refractivity contribution in [1.82, 2.24) is 15.5 Å². The van der Waals surface area contributed by atoms with Crippen molar-refractivity contribution >= 4 is 17.5 Å². The summed E-state index contributed by atoms with van der Waals surface area (Å²) in [7, 11) is 0. The van der Waals surface area contributed by atoms with Gasteiger partial charge in [-0.15, -0.1) is 0 Å². The molecule has 1 aliphatic heterocycles. The zero-order valence-corrected chi connectivity index (χ0v) is 18.0. The molecule has 0 radical (unpaired) electrons. The quantitative estimate of drug-likeness (QED) is 0.735. The molecule has 1 aliphatic rings. The lowest BCUT2D eigenvalue weighted by Crippen LogP contribution is -2.54. The molecule has 0 bridgehead atoms. The van der Waals surface area contributed by atoms with E-state index in [9.17, 15) is 9.59 Å². The Bertz CT molecular complexity index is 718. The summed E-state index contributed by atoms with van der Waals surface area (Å²) < 4.78 is 0. The maximum Gasteiger partial charge on any atom is 0.316 e. The molecule has 0 aliphatic carbocycles. The molecule has 154 valence electrons. The summed E-state index contributed by atoms with van der Waals surface area (Å²) in [6.07, 6.45) is 2.71. The molecular formula is C23H35N3O2. The van der Waals surface area contributed by atoms with Crippen LogP contribution in [-0.2, 0) is 10.3 Å². The van der Waals surface area contributed by atoms with Crippen LogP contribution in [0, 0.1) is 5.92 Å². The standard InChI is InChI=1S/C23H35N3O2/c1-16(2)14-20(21(27)26-12-7-8-13-26)24-22(28)25-23(5,6)19-11-9-10-18(15-19)17(3)4/h9-11,15-16,20H,3,7-8,12-14H2,1-2,4-6H3,(H2,24,25,28)/t20-/m0/s1. The number of hydrogen-bond acceptors (Lipinski definition) is 2. The lowest BCUT2D eigenvalue weighted by molar-refractivity contribution is -0.132. The summed E-state index contributed by atoms with van der Waals surface area (Å²) in [5.74, 6) is 0.348. The van der Waals surface area contributed by atoms with E-state index in [1.807, 2.05) is 49.9 Å². The topological polar surface area (TPSA) is 61.4 Å². The van der Waals surface area contributed by atoms with Crippen molar-refractivity contribution in [3.8, 4) is 0 Å². The van der Waals surface area contributed by atoms with Crippen LogP contribution < -0.4 is 10.6 Å². The first-order chi connectivity index (χ1) is 13.1. The van der Waals surface area contributed by atoms with E-state index in [2.05, 4.69) is 31.1 Å². The first kappa shape index (κ1) is 22.0. The second-order valence-electron chi connectivity index (χ2n) is 8.80. The van der Waals surface area contributed by atoms with E-state index in [-0.39, 0.29) is 11.9 Å². The highest BCUT2D eigenvalue weighted by molar-refractivity contribution is 5.87. The van der Waals surface area contributed by atoms with Crippen LogP contribution in [0.5, 0.6) is 0 Å². The fourth-order valence-electron chi connectivity index (χ4n) is 3.57. The van der Waals surface area contributed by atoms with Crippen LogP contribution in [0.1, 0.15) is 65.0 Å². The van der Waals surface area contributed by atoms with Crippen molar-refractivity contribution < 1.29 is 9.59 Å². The van der Waals surface area contributed by atoms with Gasteiger partial charge in [-0.3, -0.25) is 4.79 Å². The van der Waals surface area contributed by atoms with Gasteiger partial charge in [0.25, 0.3) is 0 Å². The van der Waals surface area contributed by atoms with Crippen molar-refractivity contribution in [2.75, 3.05) is 13.1 Å². The fourth-order valence-corrected chi connectivity index (χ4v) is 3.57. The number of carbonyl (C=O) groups is 2. The second kappa shape index (κ2) is 9.26. The van der Waals surface area contributed by atoms with E-state index >= 15 is 0 Å². The van der Waals surface area contributed by atoms with Gasteiger partial charge in [0.2, 0.25) is 5.91 Å². The molecule has 1 atom stereocenters. The Morgan fingerprint density at radius 1 is 1.21 bits per heavy atom. The lowest BCUT2D eigenvalue weighted by atomic mass is 9.92. The van der Waals surface area contributed by atoms with Gasteiger partial charge in [0.05, 0.1) is 5.54 Å². The Morgan fingerprint density at radius 2 is 1.86 bits per heavy atom. The van der Waals surface area contributed by atoms with Gasteiger partial charge in [0, 0.05) is 13.1 Å². The summed E-state index contributed by atoms with van der Waals surface area (Å²) in [6, 6.07) is 7.21. The predicted molar refractivity (Wildman–Crippen MR) is 115 cm³/mol. The molecule has 0 spiro atoms. The molecule has 2 N–H and O–H groups in total. The number of allylic oxidation sites excluding steroid dienone is 1. The third kappa shape index (κ3) is 5.85. The Kier molecular flexibility index (Phi) is 7.28. The smallest absolute Gasteiger partial charge is 0.316 e. The van der Waals surface area contributed by atoms with E-state index in [1.54, 1.807) is 0 Å². The van der Waals surface area contributed by atoms with Gasteiger partial charge in [-0.2, -0.15) is 0 Å². The number of urea groups is 1. The number of benzene rings is 1. The number of carbonyl (C=O) groups excluding carboxylic acids is 2. The first-order valence-corrected chi connectivity index (χ1v) is 10.2. The highest BCUT2D eigenvalue weighted by atomic mass is 16.2. The van der Waals surface area contributed by atoms with Crippen LogP contribution in [0.25, 0.3) is 5.57 Å². The van der Waals surface area contributed by atoms with Crippen molar-refractivity contribution in [2.45, 2.75) is 65.5 Å². The number of rotatable bonds is 7. The first-order valence-electron chi connectivity index (χ1n) is 10.2. The third-order valence-electron chi connectivity index (χ3n) is 5.23. The molecule has 1 aromatic rings. The molecule has 3 amide bonds. The number of nitrogens with one attached hydrogen (secondary N) is 2. The largest absolute Gasteiger partial charge is 0.341 e. The molecule has 5 nitrogen and oxygen atoms in total. The zero-order chi connectivity index (χ0) is 20.9. The van der Waals surface area contributed by atoms with Gasteiger partial charge < -0.3 is 15.5 Å². The summed E-state index contributed by atoms with van der Waals surface area (Å²) in [4.78, 5) is 27.5. The minimum absolute atomic E-state index is 0.0310. The van der Waals surface area contributed by atoms with E-state index in [0.717, 1.165) is 42.6 Å². The van der Waals surface area contributed by atoms with Crippen molar-refractivity contribution in [2.24, 2.45) is 5.92 Å². The Hall–Kier alpha value is -2.30. The van der Waals surface area contributed by atoms with Gasteiger partial charge in [0.1, 0.15) is 6.04 Å². The van der Waals surface area contributed by atoms with E-state index in [1.165, 1.54) is 0 Å². The highest BCUT2D eigenvalue weighted by Crippen LogP contribution is 2.23. The van der Waals surface area contributed by atoms with Crippen molar-refractivity contribution in [1.29, 1.82) is 0 Å². The minimum atomic E-state index is -0.575. The van der Waals surface area contributed by atoms with Gasteiger partial charge in [-0.05, 0) is 63.1 Å². The Balaban J connectivity index is 2.08. The number of nitrogens with zero attached hydrogens (tertiary/aromatic N) is 1. The normalized spacial score (nSPS) is 15.4. The maximum atomic E-state index is 12.8. The molecule has 2 rings (SSSR count). The molecule has 5 heteroatoms. The summed E-state index contributed by atoms with van der Waals surface area (Å²) in [6.45, 7) is 15.6. The van der Waals surface area contributed by atoms with Crippen LogP contribution in [0.4, 0.5) is 4.79 Å². The monoisotopic (exact) mass is 385 g/mol. The molecular weight excluding hydrogens is 350 g/mol. The van der Waals surface area contributed by atoms with Gasteiger partial charge >= 0.3 is 6.03 Å². The van der Waals surface area contributed by atoms with E-state index in [0.29, 0.717) is 12.3 Å².